The number of hydrogen-bond donors (Lipinski definition) is 1. The Morgan fingerprint density at radius 1 is 0.575 bits per heavy atom. The number of thiol groups is 1. The Balaban J connectivity index is 2.32. The highest BCUT2D eigenvalue weighted by atomic mass is 32.1. The van der Waals surface area contributed by atoms with Crippen molar-refractivity contribution in [3.8, 4) is 0 Å². The number of benzene rings is 1. The summed E-state index contributed by atoms with van der Waals surface area (Å²) in [6.07, 6.45) is 31.6. The molecule has 0 amide bonds. The summed E-state index contributed by atoms with van der Waals surface area (Å²) >= 11 is 4.60. The zero-order valence-corrected chi connectivity index (χ0v) is 27.9. The van der Waals surface area contributed by atoms with E-state index in [2.05, 4.69) is 57.7 Å². The molecule has 1 rings (SSSR count). The monoisotopic (exact) mass is 577 g/mol. The van der Waals surface area contributed by atoms with E-state index in [4.69, 9.17) is 9.68 Å². The molecule has 1 aromatic carbocycles. The predicted molar refractivity (Wildman–Crippen MR) is 181 cm³/mol. The number of aryl methyl sites for hydroxylation is 1. The van der Waals surface area contributed by atoms with Gasteiger partial charge in [0.25, 0.3) is 0 Å². The molecule has 0 heterocycles. The van der Waals surface area contributed by atoms with E-state index in [0.29, 0.717) is 18.5 Å². The van der Waals surface area contributed by atoms with Crippen molar-refractivity contribution in [2.45, 2.75) is 180 Å². The van der Waals surface area contributed by atoms with Crippen LogP contribution in [-0.4, -0.2) is 18.5 Å². The van der Waals surface area contributed by atoms with Gasteiger partial charge >= 0.3 is 0 Å². The lowest BCUT2D eigenvalue weighted by atomic mass is 10.1. The number of anilines is 1. The van der Waals surface area contributed by atoms with Crippen molar-refractivity contribution in [2.75, 3.05) is 18.4 Å². The Bertz CT molecular complexity index is 653. The summed E-state index contributed by atoms with van der Waals surface area (Å²) in [5, 5.41) is 2.13. The lowest BCUT2D eigenvalue weighted by Crippen LogP contribution is -2.26. The molecule has 0 aliphatic heterocycles. The first-order valence-electron chi connectivity index (χ1n) is 17.5. The molecule has 0 bridgehead atoms. The molecule has 0 aliphatic carbocycles. The molecule has 1 unspecified atom stereocenters. The van der Waals surface area contributed by atoms with Gasteiger partial charge in [-0.3, -0.25) is 0 Å². The lowest BCUT2D eigenvalue weighted by Gasteiger charge is -2.25. The second kappa shape index (κ2) is 28.4. The van der Waals surface area contributed by atoms with Gasteiger partial charge in [0, 0.05) is 0 Å². The molecule has 0 spiro atoms. The molecule has 3 nitrogen and oxygen atoms in total. The van der Waals surface area contributed by atoms with Crippen molar-refractivity contribution >= 4 is 18.3 Å². The first kappa shape index (κ1) is 37.3. The van der Waals surface area contributed by atoms with Crippen LogP contribution in [0.5, 0.6) is 0 Å². The fourth-order valence-electron chi connectivity index (χ4n) is 5.27. The quantitative estimate of drug-likeness (QED) is 0.0558. The van der Waals surface area contributed by atoms with Crippen LogP contribution in [0.1, 0.15) is 174 Å². The number of para-hydroxylation sites is 1. The van der Waals surface area contributed by atoms with Crippen LogP contribution in [0.15, 0.2) is 24.3 Å². The summed E-state index contributed by atoms with van der Waals surface area (Å²) < 4.78 is 0. The summed E-state index contributed by atoms with van der Waals surface area (Å²) in [4.78, 5) is 12.5. The van der Waals surface area contributed by atoms with Gasteiger partial charge in [-0.15, -0.1) is 5.23 Å². The van der Waals surface area contributed by atoms with Crippen LogP contribution >= 0.6 is 12.6 Å². The Kier molecular flexibility index (Phi) is 26.5. The zero-order valence-electron chi connectivity index (χ0n) is 27.0. The number of nitrogens with zero attached hydrogens (tertiary/aromatic N) is 1. The minimum absolute atomic E-state index is 0.385. The van der Waals surface area contributed by atoms with Gasteiger partial charge in [0.15, 0.2) is 0 Å². The van der Waals surface area contributed by atoms with Gasteiger partial charge < -0.3 is 0 Å². The summed E-state index contributed by atoms with van der Waals surface area (Å²) in [7, 11) is 0. The maximum atomic E-state index is 6.25. The molecule has 4 heteroatoms. The molecule has 0 N–H and O–H groups in total. The van der Waals surface area contributed by atoms with E-state index >= 15 is 0 Å². The third-order valence-corrected chi connectivity index (χ3v) is 8.19. The van der Waals surface area contributed by atoms with Crippen LogP contribution in [-0.2, 0) is 16.1 Å². The summed E-state index contributed by atoms with van der Waals surface area (Å²) in [6, 6.07) is 8.55. The third-order valence-electron chi connectivity index (χ3n) is 7.93. The normalized spacial score (nSPS) is 12.2. The Labute approximate surface area is 255 Å². The van der Waals surface area contributed by atoms with Gasteiger partial charge in [0.05, 0.1) is 18.9 Å². The van der Waals surface area contributed by atoms with E-state index < -0.39 is 0 Å². The lowest BCUT2D eigenvalue weighted by molar-refractivity contribution is -0.0917. The fourth-order valence-corrected chi connectivity index (χ4v) is 5.40. The van der Waals surface area contributed by atoms with Gasteiger partial charge in [-0.2, -0.15) is 12.6 Å². The highest BCUT2D eigenvalue weighted by Gasteiger charge is 2.14. The van der Waals surface area contributed by atoms with E-state index in [9.17, 15) is 0 Å². The third kappa shape index (κ3) is 22.0. The Morgan fingerprint density at radius 3 is 1.35 bits per heavy atom. The molecule has 0 aliphatic rings. The van der Waals surface area contributed by atoms with Gasteiger partial charge in [-0.25, -0.2) is 9.68 Å². The summed E-state index contributed by atoms with van der Waals surface area (Å²) in [6.45, 7) is 8.17. The van der Waals surface area contributed by atoms with E-state index in [1.54, 1.807) is 5.23 Å². The number of hydrogen-bond acceptors (Lipinski definition) is 4. The number of unbranched alkanes of at least 4 members (excludes halogenated alkanes) is 20. The Hall–Kier alpha value is -0.710. The van der Waals surface area contributed by atoms with Crippen LogP contribution in [0, 0.1) is 0 Å². The molecule has 0 radical (unpaired) electrons. The minimum atomic E-state index is 0.385. The first-order valence-corrected chi connectivity index (χ1v) is 18.0. The molecule has 0 aromatic heterocycles. The second-order valence-corrected chi connectivity index (χ2v) is 12.9. The molecular formula is C36H67NO2S. The van der Waals surface area contributed by atoms with Crippen molar-refractivity contribution < 1.29 is 9.68 Å². The van der Waals surface area contributed by atoms with Crippen molar-refractivity contribution in [2.24, 2.45) is 0 Å². The van der Waals surface area contributed by atoms with Gasteiger partial charge in [-0.05, 0) is 42.6 Å². The Morgan fingerprint density at radius 2 is 0.950 bits per heavy atom. The standard InChI is InChI=1S/C36H67NO2S/c1-4-6-8-10-12-14-16-17-19-21-23-27-33-39-37(36-29-25-24-28-35(36)31-30-34(3)40)38-32-26-22-20-18-15-13-11-9-7-5-2/h24-25,28-29,34,40H,4-23,26-27,30-33H2,1-3H3. The smallest absolute Gasteiger partial charge is 0.0979 e. The van der Waals surface area contributed by atoms with Crippen molar-refractivity contribution in [3.05, 3.63) is 29.8 Å². The van der Waals surface area contributed by atoms with Gasteiger partial charge in [-0.1, -0.05) is 167 Å². The van der Waals surface area contributed by atoms with Gasteiger partial charge in [0.2, 0.25) is 0 Å². The van der Waals surface area contributed by atoms with Crippen LogP contribution < -0.4 is 5.23 Å². The van der Waals surface area contributed by atoms with E-state index in [1.807, 2.05) is 0 Å². The molecule has 234 valence electrons. The van der Waals surface area contributed by atoms with E-state index in [0.717, 1.165) is 31.4 Å². The van der Waals surface area contributed by atoms with Crippen molar-refractivity contribution in [1.29, 1.82) is 0 Å². The van der Waals surface area contributed by atoms with Crippen LogP contribution in [0.2, 0.25) is 0 Å². The minimum Gasteiger partial charge on any atom is -0.249 e. The number of rotatable bonds is 30. The predicted octanol–water partition coefficient (Wildman–Crippen LogP) is 12.2. The molecular weight excluding hydrogens is 510 g/mol. The largest absolute Gasteiger partial charge is 0.249 e. The first-order chi connectivity index (χ1) is 19.7. The summed E-state index contributed by atoms with van der Waals surface area (Å²) in [5.41, 5.74) is 2.34. The molecule has 0 fully saturated rings. The zero-order chi connectivity index (χ0) is 28.9. The maximum absolute atomic E-state index is 6.25. The summed E-state index contributed by atoms with van der Waals surface area (Å²) in [5.74, 6) is 0. The van der Waals surface area contributed by atoms with Crippen molar-refractivity contribution in [3.63, 3.8) is 0 Å². The van der Waals surface area contributed by atoms with Gasteiger partial charge in [0.1, 0.15) is 0 Å². The fraction of sp³-hybridized carbons (Fsp3) is 0.833. The molecule has 1 atom stereocenters. The maximum Gasteiger partial charge on any atom is 0.0979 e. The molecule has 0 saturated carbocycles. The molecule has 0 saturated heterocycles. The highest BCUT2D eigenvalue weighted by molar-refractivity contribution is 7.80. The molecule has 1 aromatic rings. The average molecular weight is 578 g/mol. The van der Waals surface area contributed by atoms with Crippen LogP contribution in [0.25, 0.3) is 0 Å². The average Bonchev–Trinajstić information content (AvgIpc) is 2.96. The van der Waals surface area contributed by atoms with Crippen molar-refractivity contribution in [1.82, 2.24) is 0 Å². The van der Waals surface area contributed by atoms with Crippen LogP contribution in [0.4, 0.5) is 5.69 Å². The van der Waals surface area contributed by atoms with Crippen LogP contribution in [0.3, 0.4) is 0 Å². The highest BCUT2D eigenvalue weighted by Crippen LogP contribution is 2.24. The SMILES string of the molecule is CCCCCCCCCCCCCCON(OCCCCCCCCCCCC)c1ccccc1CCC(C)S. The topological polar surface area (TPSA) is 21.7 Å². The van der Waals surface area contributed by atoms with E-state index in [-0.39, 0.29) is 0 Å². The molecule has 40 heavy (non-hydrogen) atoms. The second-order valence-electron chi connectivity index (χ2n) is 12.0. The van der Waals surface area contributed by atoms with E-state index in [1.165, 1.54) is 134 Å².